The Labute approximate surface area is 211 Å². The fraction of sp³-hybridized carbons (Fsp3) is 0.440. The molecule has 2 aromatic rings. The summed E-state index contributed by atoms with van der Waals surface area (Å²) in [6, 6.07) is 12.0. The number of nitrogens with zero attached hydrogens (tertiary/aromatic N) is 1. The van der Waals surface area contributed by atoms with Gasteiger partial charge in [-0.3, -0.25) is 14.3 Å². The highest BCUT2D eigenvalue weighted by Crippen LogP contribution is 2.36. The second-order valence-electron chi connectivity index (χ2n) is 8.78. The van der Waals surface area contributed by atoms with Crippen LogP contribution in [0.15, 0.2) is 42.5 Å². The summed E-state index contributed by atoms with van der Waals surface area (Å²) in [4.78, 5) is 26.8. The maximum Gasteiger partial charge on any atom is 0.243 e. The number of anilines is 2. The molecule has 2 saturated heterocycles. The Balaban J connectivity index is 1.35. The third kappa shape index (κ3) is 6.46. The number of hydrogen-bond acceptors (Lipinski definition) is 7. The van der Waals surface area contributed by atoms with Crippen LogP contribution in [0.4, 0.5) is 11.4 Å². The highest BCUT2D eigenvalue weighted by atomic mass is 32.2. The van der Waals surface area contributed by atoms with Gasteiger partial charge >= 0.3 is 0 Å². The topological polar surface area (TPSA) is 123 Å². The van der Waals surface area contributed by atoms with Crippen molar-refractivity contribution < 1.29 is 32.2 Å². The predicted molar refractivity (Wildman–Crippen MR) is 135 cm³/mol. The number of rotatable bonds is 10. The summed E-state index contributed by atoms with van der Waals surface area (Å²) in [6.07, 6.45) is 1.75. The SMILES string of the molecule is CCS(=O)(=O)Nc1ccc(NC(=O)CN2CC(c3ccc(OC)c(OC4CCCO4)c3)CC2=O)cc1. The zero-order valence-electron chi connectivity index (χ0n) is 20.4. The second kappa shape index (κ2) is 11.2. The van der Waals surface area contributed by atoms with Gasteiger partial charge in [-0.15, -0.1) is 0 Å². The zero-order valence-corrected chi connectivity index (χ0v) is 21.2. The largest absolute Gasteiger partial charge is 0.493 e. The fourth-order valence-corrected chi connectivity index (χ4v) is 4.86. The molecular formula is C25H31N3O7S. The van der Waals surface area contributed by atoms with E-state index in [4.69, 9.17) is 14.2 Å². The maximum atomic E-state index is 12.6. The Morgan fingerprint density at radius 1 is 1.14 bits per heavy atom. The fourth-order valence-electron chi connectivity index (χ4n) is 4.22. The molecule has 2 aliphatic rings. The standard InChI is InChI=1S/C25H31N3O7S/c1-3-36(31,32)27-20-9-7-19(8-10-20)26-23(29)16-28-15-18(14-24(28)30)17-6-11-21(33-2)22(13-17)35-25-5-4-12-34-25/h6-11,13,18,25,27H,3-5,12,14-16H2,1-2H3,(H,26,29). The molecule has 0 saturated carbocycles. The van der Waals surface area contributed by atoms with Crippen molar-refractivity contribution in [2.24, 2.45) is 0 Å². The lowest BCUT2D eigenvalue weighted by molar-refractivity contribution is -0.131. The molecule has 4 rings (SSSR count). The number of benzene rings is 2. The molecule has 2 unspecified atom stereocenters. The number of amides is 2. The molecule has 10 nitrogen and oxygen atoms in total. The normalized spacial score (nSPS) is 19.8. The van der Waals surface area contributed by atoms with Gasteiger partial charge in [-0.25, -0.2) is 8.42 Å². The molecule has 2 aliphatic heterocycles. The van der Waals surface area contributed by atoms with E-state index in [-0.39, 0.29) is 36.3 Å². The van der Waals surface area contributed by atoms with Crippen molar-refractivity contribution >= 4 is 33.2 Å². The van der Waals surface area contributed by atoms with E-state index in [2.05, 4.69) is 10.0 Å². The third-order valence-electron chi connectivity index (χ3n) is 6.18. The summed E-state index contributed by atoms with van der Waals surface area (Å²) < 4.78 is 42.8. The van der Waals surface area contributed by atoms with Crippen LogP contribution in [0, 0.1) is 0 Å². The van der Waals surface area contributed by atoms with E-state index >= 15 is 0 Å². The summed E-state index contributed by atoms with van der Waals surface area (Å²) in [5.41, 5.74) is 1.86. The molecule has 2 atom stereocenters. The van der Waals surface area contributed by atoms with Crippen molar-refractivity contribution in [2.75, 3.05) is 42.6 Å². The molecule has 2 N–H and O–H groups in total. The van der Waals surface area contributed by atoms with Crippen LogP contribution in [-0.2, 0) is 24.3 Å². The van der Waals surface area contributed by atoms with Crippen LogP contribution in [0.5, 0.6) is 11.5 Å². The summed E-state index contributed by atoms with van der Waals surface area (Å²) in [6.45, 7) is 2.56. The van der Waals surface area contributed by atoms with Gasteiger partial charge in [-0.1, -0.05) is 6.07 Å². The first-order chi connectivity index (χ1) is 17.3. The number of carbonyl (C=O) groups excluding carboxylic acids is 2. The Hall–Kier alpha value is -3.31. The average Bonchev–Trinajstić information content (AvgIpc) is 3.50. The molecule has 194 valence electrons. The molecule has 2 fully saturated rings. The van der Waals surface area contributed by atoms with Crippen molar-refractivity contribution in [3.63, 3.8) is 0 Å². The van der Waals surface area contributed by atoms with Crippen LogP contribution in [-0.4, -0.2) is 64.0 Å². The van der Waals surface area contributed by atoms with Gasteiger partial charge in [-0.05, 0) is 55.3 Å². The predicted octanol–water partition coefficient (Wildman–Crippen LogP) is 2.93. The zero-order chi connectivity index (χ0) is 25.7. The number of ether oxygens (including phenoxy) is 3. The Bertz CT molecular complexity index is 1190. The minimum Gasteiger partial charge on any atom is -0.493 e. The molecule has 0 aliphatic carbocycles. The highest BCUT2D eigenvalue weighted by molar-refractivity contribution is 7.92. The lowest BCUT2D eigenvalue weighted by atomic mass is 9.98. The van der Waals surface area contributed by atoms with Crippen LogP contribution in [0.2, 0.25) is 0 Å². The average molecular weight is 518 g/mol. The quantitative estimate of drug-likeness (QED) is 0.497. The lowest BCUT2D eigenvalue weighted by Crippen LogP contribution is -2.34. The van der Waals surface area contributed by atoms with E-state index in [9.17, 15) is 18.0 Å². The molecule has 2 aromatic carbocycles. The minimum absolute atomic E-state index is 0.0316. The van der Waals surface area contributed by atoms with Gasteiger partial charge in [0.2, 0.25) is 21.8 Å². The molecular weight excluding hydrogens is 486 g/mol. The van der Waals surface area contributed by atoms with Gasteiger partial charge in [0.1, 0.15) is 0 Å². The number of hydrogen-bond donors (Lipinski definition) is 2. The first-order valence-corrected chi connectivity index (χ1v) is 13.6. The number of likely N-dealkylation sites (tertiary alicyclic amines) is 1. The van der Waals surface area contributed by atoms with Crippen LogP contribution < -0.4 is 19.5 Å². The van der Waals surface area contributed by atoms with Crippen LogP contribution in [0.25, 0.3) is 0 Å². The van der Waals surface area contributed by atoms with Crippen molar-refractivity contribution in [3.05, 3.63) is 48.0 Å². The van der Waals surface area contributed by atoms with Crippen molar-refractivity contribution in [1.82, 2.24) is 4.90 Å². The van der Waals surface area contributed by atoms with E-state index < -0.39 is 10.0 Å². The Morgan fingerprint density at radius 2 is 1.89 bits per heavy atom. The summed E-state index contributed by atoms with van der Waals surface area (Å²) in [7, 11) is -1.80. The molecule has 2 amide bonds. The first-order valence-electron chi connectivity index (χ1n) is 11.9. The van der Waals surface area contributed by atoms with E-state index in [1.54, 1.807) is 38.3 Å². The monoisotopic (exact) mass is 517 g/mol. The van der Waals surface area contributed by atoms with E-state index in [0.717, 1.165) is 18.4 Å². The second-order valence-corrected chi connectivity index (χ2v) is 10.8. The Morgan fingerprint density at radius 3 is 2.56 bits per heavy atom. The van der Waals surface area contributed by atoms with Crippen molar-refractivity contribution in [2.45, 2.75) is 38.4 Å². The van der Waals surface area contributed by atoms with Gasteiger partial charge in [-0.2, -0.15) is 0 Å². The molecule has 0 aromatic heterocycles. The summed E-state index contributed by atoms with van der Waals surface area (Å²) in [5, 5.41) is 2.75. The molecule has 0 spiro atoms. The summed E-state index contributed by atoms with van der Waals surface area (Å²) in [5.74, 6) is 0.642. The van der Waals surface area contributed by atoms with Gasteiger partial charge in [0.05, 0.1) is 26.0 Å². The molecule has 36 heavy (non-hydrogen) atoms. The number of carbonyl (C=O) groups is 2. The number of methoxy groups -OCH3 is 1. The smallest absolute Gasteiger partial charge is 0.243 e. The number of sulfonamides is 1. The Kier molecular flexibility index (Phi) is 8.00. The van der Waals surface area contributed by atoms with Crippen LogP contribution >= 0.6 is 0 Å². The number of nitrogens with one attached hydrogen (secondary N) is 2. The molecule has 11 heteroatoms. The first kappa shape index (κ1) is 25.8. The van der Waals surface area contributed by atoms with Gasteiger partial charge < -0.3 is 24.4 Å². The van der Waals surface area contributed by atoms with Crippen LogP contribution in [0.1, 0.15) is 37.7 Å². The molecule has 0 bridgehead atoms. The summed E-state index contributed by atoms with van der Waals surface area (Å²) >= 11 is 0. The maximum absolute atomic E-state index is 12.6. The highest BCUT2D eigenvalue weighted by Gasteiger charge is 2.32. The van der Waals surface area contributed by atoms with E-state index in [1.807, 2.05) is 18.2 Å². The lowest BCUT2D eigenvalue weighted by Gasteiger charge is -2.19. The van der Waals surface area contributed by atoms with Gasteiger partial charge in [0, 0.05) is 36.7 Å². The molecule has 0 radical (unpaired) electrons. The van der Waals surface area contributed by atoms with E-state index in [1.165, 1.54) is 4.90 Å². The van der Waals surface area contributed by atoms with Gasteiger partial charge in [0.15, 0.2) is 17.8 Å². The van der Waals surface area contributed by atoms with Gasteiger partial charge in [0.25, 0.3) is 0 Å². The van der Waals surface area contributed by atoms with Crippen LogP contribution in [0.3, 0.4) is 0 Å². The van der Waals surface area contributed by atoms with Crippen molar-refractivity contribution in [1.29, 1.82) is 0 Å². The van der Waals surface area contributed by atoms with Crippen molar-refractivity contribution in [3.8, 4) is 11.5 Å². The van der Waals surface area contributed by atoms with E-state index in [0.29, 0.717) is 42.4 Å². The minimum atomic E-state index is -3.37. The molecule has 2 heterocycles. The third-order valence-corrected chi connectivity index (χ3v) is 7.48.